The first-order chi connectivity index (χ1) is 5.20. The van der Waals surface area contributed by atoms with Crippen LogP contribution in [-0.2, 0) is 9.53 Å². The molecule has 0 spiro atoms. The minimum absolute atomic E-state index is 0.391. The topological polar surface area (TPSA) is 70.3 Å². The molecule has 0 saturated carbocycles. The molecule has 60 valence electrons. The van der Waals surface area contributed by atoms with Crippen LogP contribution in [0.15, 0.2) is 12.2 Å². The molecule has 0 rings (SSSR count). The third-order valence-corrected chi connectivity index (χ3v) is 0.887. The van der Waals surface area contributed by atoms with Crippen LogP contribution >= 0.6 is 0 Å². The summed E-state index contributed by atoms with van der Waals surface area (Å²) in [6.07, 6.45) is 1.34. The van der Waals surface area contributed by atoms with Crippen LogP contribution in [0.2, 0.25) is 0 Å². The molecule has 4 heteroatoms. The monoisotopic (exact) mass is 155 g/mol. The van der Waals surface area contributed by atoms with Gasteiger partial charge in [0.15, 0.2) is 6.10 Å². The predicted molar refractivity (Wildman–Crippen MR) is 37.8 cm³/mol. The maximum absolute atomic E-state index is 9.97. The average molecular weight is 155 g/mol. The Morgan fingerprint density at radius 1 is 1.91 bits per heavy atom. The zero-order valence-corrected chi connectivity index (χ0v) is 6.15. The van der Waals surface area contributed by atoms with Gasteiger partial charge in [0.25, 0.3) is 0 Å². The van der Waals surface area contributed by atoms with Crippen LogP contribution in [0, 0.1) is 11.3 Å². The van der Waals surface area contributed by atoms with Gasteiger partial charge < -0.3 is 9.84 Å². The zero-order valence-electron chi connectivity index (χ0n) is 6.15. The molecular formula is C7H9NO3. The smallest absolute Gasteiger partial charge is 0.328 e. The van der Waals surface area contributed by atoms with Crippen LogP contribution in [0.3, 0.4) is 0 Å². The van der Waals surface area contributed by atoms with E-state index < -0.39 is 12.1 Å². The molecule has 0 heterocycles. The number of carboxylic acid groups (broad SMARTS) is 1. The molecule has 0 radical (unpaired) electrons. The van der Waals surface area contributed by atoms with Gasteiger partial charge in [0.05, 0.1) is 6.07 Å². The fourth-order valence-electron chi connectivity index (χ4n) is 0.485. The van der Waals surface area contributed by atoms with E-state index in [1.807, 2.05) is 0 Å². The second kappa shape index (κ2) is 5.45. The quantitative estimate of drug-likeness (QED) is 0.602. The molecule has 4 nitrogen and oxygen atoms in total. The van der Waals surface area contributed by atoms with Gasteiger partial charge in [-0.15, -0.1) is 0 Å². The van der Waals surface area contributed by atoms with E-state index in [1.54, 1.807) is 13.0 Å². The van der Waals surface area contributed by atoms with Crippen LogP contribution in [0.5, 0.6) is 0 Å². The Kier molecular flexibility index (Phi) is 4.78. The van der Waals surface area contributed by atoms with Crippen molar-refractivity contribution in [2.24, 2.45) is 0 Å². The fourth-order valence-corrected chi connectivity index (χ4v) is 0.485. The number of rotatable bonds is 4. The lowest BCUT2D eigenvalue weighted by molar-refractivity contribution is -0.131. The number of nitrogens with zero attached hydrogens (tertiary/aromatic N) is 1. The summed E-state index contributed by atoms with van der Waals surface area (Å²) in [5.41, 5.74) is 0. The van der Waals surface area contributed by atoms with Gasteiger partial charge in [0.2, 0.25) is 0 Å². The van der Waals surface area contributed by atoms with Crippen LogP contribution in [0.4, 0.5) is 0 Å². The van der Waals surface area contributed by atoms with Gasteiger partial charge in [-0.2, -0.15) is 5.26 Å². The number of carboxylic acids is 1. The summed E-state index contributed by atoms with van der Waals surface area (Å²) in [7, 11) is 0. The summed E-state index contributed by atoms with van der Waals surface area (Å²) in [6, 6.07) is 1.79. The molecule has 0 fully saturated rings. The van der Waals surface area contributed by atoms with E-state index >= 15 is 0 Å². The minimum Gasteiger partial charge on any atom is -0.478 e. The molecule has 0 aromatic carbocycles. The van der Waals surface area contributed by atoms with Gasteiger partial charge in [-0.25, -0.2) is 4.79 Å². The Balaban J connectivity index is 3.89. The first-order valence-corrected chi connectivity index (χ1v) is 3.13. The molecule has 1 unspecified atom stereocenters. The molecule has 0 saturated heterocycles. The van der Waals surface area contributed by atoms with Gasteiger partial charge >= 0.3 is 5.97 Å². The lowest BCUT2D eigenvalue weighted by atomic mass is 10.3. The Hall–Kier alpha value is -1.34. The molecule has 0 aromatic heterocycles. The average Bonchev–Trinajstić information content (AvgIpc) is 1.97. The second-order valence-electron chi connectivity index (χ2n) is 1.70. The SMILES string of the molecule is CCOC(C#N)/C=C\C(=O)O. The molecular weight excluding hydrogens is 146 g/mol. The number of hydrogen-bond donors (Lipinski definition) is 1. The van der Waals surface area contributed by atoms with E-state index in [0.717, 1.165) is 6.08 Å². The van der Waals surface area contributed by atoms with Crippen molar-refractivity contribution in [2.45, 2.75) is 13.0 Å². The number of carbonyl (C=O) groups is 1. The Morgan fingerprint density at radius 2 is 2.55 bits per heavy atom. The van der Waals surface area contributed by atoms with Crippen LogP contribution in [0.1, 0.15) is 6.92 Å². The Labute approximate surface area is 64.7 Å². The summed E-state index contributed by atoms with van der Waals surface area (Å²) in [6.45, 7) is 2.13. The number of aliphatic carboxylic acids is 1. The van der Waals surface area contributed by atoms with Gasteiger partial charge in [-0.05, 0) is 13.0 Å². The molecule has 0 aliphatic carbocycles. The third kappa shape index (κ3) is 5.12. The Bertz CT molecular complexity index is 192. The second-order valence-corrected chi connectivity index (χ2v) is 1.70. The third-order valence-electron chi connectivity index (χ3n) is 0.887. The molecule has 0 aromatic rings. The van der Waals surface area contributed by atoms with Crippen molar-refractivity contribution >= 4 is 5.97 Å². The molecule has 1 atom stereocenters. The van der Waals surface area contributed by atoms with E-state index in [0.29, 0.717) is 6.61 Å². The van der Waals surface area contributed by atoms with E-state index in [4.69, 9.17) is 15.1 Å². The normalized spacial score (nSPS) is 12.7. The van der Waals surface area contributed by atoms with Crippen molar-refractivity contribution in [3.8, 4) is 6.07 Å². The highest BCUT2D eigenvalue weighted by Gasteiger charge is 2.00. The van der Waals surface area contributed by atoms with Crippen molar-refractivity contribution in [3.05, 3.63) is 12.2 Å². The predicted octanol–water partition coefficient (Wildman–Crippen LogP) is 0.556. The van der Waals surface area contributed by atoms with Crippen molar-refractivity contribution in [1.29, 1.82) is 5.26 Å². The standard InChI is InChI=1S/C7H9NO3/c1-2-11-6(5-8)3-4-7(9)10/h3-4,6H,2H2,1H3,(H,9,10)/b4-3-. The molecule has 0 aliphatic rings. The largest absolute Gasteiger partial charge is 0.478 e. The van der Waals surface area contributed by atoms with E-state index in [-0.39, 0.29) is 0 Å². The van der Waals surface area contributed by atoms with E-state index in [1.165, 1.54) is 6.08 Å². The van der Waals surface area contributed by atoms with Crippen molar-refractivity contribution in [3.63, 3.8) is 0 Å². The minimum atomic E-state index is -1.08. The number of nitriles is 1. The molecule has 11 heavy (non-hydrogen) atoms. The summed E-state index contributed by atoms with van der Waals surface area (Å²) in [5, 5.41) is 16.5. The maximum atomic E-state index is 9.97. The zero-order chi connectivity index (χ0) is 8.69. The molecule has 0 aliphatic heterocycles. The van der Waals surface area contributed by atoms with Gasteiger partial charge in [-0.1, -0.05) is 0 Å². The maximum Gasteiger partial charge on any atom is 0.328 e. The van der Waals surface area contributed by atoms with Gasteiger partial charge in [-0.3, -0.25) is 0 Å². The number of hydrogen-bond acceptors (Lipinski definition) is 3. The van der Waals surface area contributed by atoms with Crippen LogP contribution in [-0.4, -0.2) is 23.8 Å². The molecule has 0 bridgehead atoms. The highest BCUT2D eigenvalue weighted by Crippen LogP contribution is 1.91. The number of ether oxygens (including phenoxy) is 1. The highest BCUT2D eigenvalue weighted by atomic mass is 16.5. The van der Waals surface area contributed by atoms with Crippen molar-refractivity contribution in [2.75, 3.05) is 6.61 Å². The lowest BCUT2D eigenvalue weighted by Crippen LogP contribution is -2.06. The summed E-state index contributed by atoms with van der Waals surface area (Å²) < 4.78 is 4.83. The highest BCUT2D eigenvalue weighted by molar-refractivity contribution is 5.79. The first-order valence-electron chi connectivity index (χ1n) is 3.13. The molecule has 0 amide bonds. The summed E-state index contributed by atoms with van der Waals surface area (Å²) >= 11 is 0. The van der Waals surface area contributed by atoms with Crippen LogP contribution < -0.4 is 0 Å². The summed E-state index contributed by atoms with van der Waals surface area (Å²) in [5.74, 6) is -1.08. The summed E-state index contributed by atoms with van der Waals surface area (Å²) in [4.78, 5) is 9.97. The first kappa shape index (κ1) is 9.66. The lowest BCUT2D eigenvalue weighted by Gasteiger charge is -2.00. The van der Waals surface area contributed by atoms with Gasteiger partial charge in [0.1, 0.15) is 0 Å². The van der Waals surface area contributed by atoms with Gasteiger partial charge in [0, 0.05) is 12.7 Å². The van der Waals surface area contributed by atoms with Crippen LogP contribution in [0.25, 0.3) is 0 Å². The molecule has 1 N–H and O–H groups in total. The fraction of sp³-hybridized carbons (Fsp3) is 0.429. The van der Waals surface area contributed by atoms with Crippen molar-refractivity contribution < 1.29 is 14.6 Å². The van der Waals surface area contributed by atoms with Crippen molar-refractivity contribution in [1.82, 2.24) is 0 Å². The van der Waals surface area contributed by atoms with E-state index in [9.17, 15) is 4.79 Å². The van der Waals surface area contributed by atoms with E-state index in [2.05, 4.69) is 0 Å². The Morgan fingerprint density at radius 3 is 2.91 bits per heavy atom.